The Morgan fingerprint density at radius 3 is 2.55 bits per heavy atom. The summed E-state index contributed by atoms with van der Waals surface area (Å²) in [5.74, 6) is 2.23. The van der Waals surface area contributed by atoms with E-state index >= 15 is 0 Å². The van der Waals surface area contributed by atoms with E-state index in [2.05, 4.69) is 47.6 Å². The highest BCUT2D eigenvalue weighted by molar-refractivity contribution is 5.20. The largest absolute Gasteiger partial charge is 0.344 e. The second kappa shape index (κ2) is 4.58. The molecule has 0 aromatic heterocycles. The van der Waals surface area contributed by atoms with E-state index in [0.717, 1.165) is 12.3 Å². The maximum atomic E-state index is 6.45. The smallest absolute Gasteiger partial charge is 0.164 e. The number of hydrogen-bond acceptors (Lipinski definition) is 2. The lowest BCUT2D eigenvalue weighted by molar-refractivity contribution is -0.171. The topological polar surface area (TPSA) is 18.5 Å². The van der Waals surface area contributed by atoms with Gasteiger partial charge in [-0.05, 0) is 63.7 Å². The van der Waals surface area contributed by atoms with Crippen molar-refractivity contribution >= 4 is 0 Å². The van der Waals surface area contributed by atoms with Crippen LogP contribution in [0, 0.1) is 23.7 Å². The van der Waals surface area contributed by atoms with Gasteiger partial charge in [0.15, 0.2) is 5.79 Å². The Morgan fingerprint density at radius 2 is 1.90 bits per heavy atom. The Labute approximate surface area is 123 Å². The maximum Gasteiger partial charge on any atom is 0.164 e. The summed E-state index contributed by atoms with van der Waals surface area (Å²) in [5.41, 5.74) is 1.45. The van der Waals surface area contributed by atoms with Crippen molar-refractivity contribution in [3.8, 4) is 0 Å². The average molecular weight is 278 g/mol. The van der Waals surface area contributed by atoms with Crippen LogP contribution in [0.2, 0.25) is 0 Å². The van der Waals surface area contributed by atoms with E-state index in [1.54, 1.807) is 5.57 Å². The molecule has 0 aromatic carbocycles. The molecule has 0 N–H and O–H groups in total. The zero-order valence-electron chi connectivity index (χ0n) is 13.9. The van der Waals surface area contributed by atoms with Gasteiger partial charge in [-0.15, -0.1) is 0 Å². The molecule has 1 saturated heterocycles. The molecular weight excluding hydrogens is 248 g/mol. The Balaban J connectivity index is 2.01. The number of hydrogen-bond donors (Lipinski definition) is 0. The van der Waals surface area contributed by atoms with Crippen molar-refractivity contribution in [2.75, 3.05) is 0 Å². The van der Waals surface area contributed by atoms with Crippen LogP contribution in [-0.2, 0) is 9.47 Å². The second-order valence-electron chi connectivity index (χ2n) is 8.13. The van der Waals surface area contributed by atoms with Gasteiger partial charge < -0.3 is 9.47 Å². The molecule has 1 aliphatic heterocycles. The molecule has 0 radical (unpaired) electrons. The van der Waals surface area contributed by atoms with Gasteiger partial charge in [0.25, 0.3) is 0 Å². The van der Waals surface area contributed by atoms with Gasteiger partial charge >= 0.3 is 0 Å². The van der Waals surface area contributed by atoms with Crippen LogP contribution in [0.5, 0.6) is 0 Å². The summed E-state index contributed by atoms with van der Waals surface area (Å²) >= 11 is 0. The van der Waals surface area contributed by atoms with E-state index in [1.807, 2.05) is 0 Å². The summed E-state index contributed by atoms with van der Waals surface area (Å²) < 4.78 is 12.8. The fraction of sp³-hybridized carbons (Fsp3) is 0.889. The maximum absolute atomic E-state index is 6.45. The standard InChI is InChI=1S/C18H30O2/c1-11(2)13-9-14-12(3)7-8-15(14)18(6)16(10-13)19-17(4,5)20-18/h9,11-12,14-16H,7-8,10H2,1-6H3/t12-,14-,15-,16-,18+/m0/s1. The van der Waals surface area contributed by atoms with Crippen LogP contribution >= 0.6 is 0 Å². The third-order valence-electron chi connectivity index (χ3n) is 5.89. The van der Waals surface area contributed by atoms with Crippen molar-refractivity contribution in [1.82, 2.24) is 0 Å². The molecular formula is C18H30O2. The highest BCUT2D eigenvalue weighted by atomic mass is 16.8. The summed E-state index contributed by atoms with van der Waals surface area (Å²) in [5, 5.41) is 0. The van der Waals surface area contributed by atoms with Crippen LogP contribution < -0.4 is 0 Å². The summed E-state index contributed by atoms with van der Waals surface area (Å²) in [6.07, 6.45) is 6.43. The minimum absolute atomic E-state index is 0.119. The molecule has 1 heterocycles. The summed E-state index contributed by atoms with van der Waals surface area (Å²) in [6.45, 7) is 13.5. The molecule has 0 aromatic rings. The van der Waals surface area contributed by atoms with E-state index in [9.17, 15) is 0 Å². The third kappa shape index (κ3) is 2.16. The monoisotopic (exact) mass is 278 g/mol. The minimum atomic E-state index is -0.435. The zero-order valence-corrected chi connectivity index (χ0v) is 13.9. The normalized spacial score (nSPS) is 46.9. The lowest BCUT2D eigenvalue weighted by atomic mass is 9.77. The van der Waals surface area contributed by atoms with Crippen molar-refractivity contribution < 1.29 is 9.47 Å². The Kier molecular flexibility index (Phi) is 3.34. The molecule has 2 aliphatic carbocycles. The molecule has 0 bridgehead atoms. The predicted octanol–water partition coefficient (Wildman–Crippen LogP) is 4.55. The highest BCUT2D eigenvalue weighted by Crippen LogP contribution is 2.55. The lowest BCUT2D eigenvalue weighted by Crippen LogP contribution is -2.45. The zero-order chi connectivity index (χ0) is 14.7. The van der Waals surface area contributed by atoms with Gasteiger partial charge in [-0.2, -0.15) is 0 Å². The van der Waals surface area contributed by atoms with E-state index in [1.165, 1.54) is 12.8 Å². The third-order valence-corrected chi connectivity index (χ3v) is 5.89. The first-order valence-corrected chi connectivity index (χ1v) is 8.31. The van der Waals surface area contributed by atoms with E-state index in [0.29, 0.717) is 17.8 Å². The summed E-state index contributed by atoms with van der Waals surface area (Å²) in [4.78, 5) is 0. The van der Waals surface area contributed by atoms with Gasteiger partial charge in [0.05, 0.1) is 11.7 Å². The van der Waals surface area contributed by atoms with Gasteiger partial charge in [0.1, 0.15) is 0 Å². The average Bonchev–Trinajstić information content (AvgIpc) is 2.74. The number of rotatable bonds is 1. The highest BCUT2D eigenvalue weighted by Gasteiger charge is 2.58. The van der Waals surface area contributed by atoms with Crippen LogP contribution in [0.4, 0.5) is 0 Å². The Bertz CT molecular complexity index is 423. The van der Waals surface area contributed by atoms with Crippen molar-refractivity contribution in [2.24, 2.45) is 23.7 Å². The van der Waals surface area contributed by atoms with Gasteiger partial charge in [-0.1, -0.05) is 32.4 Å². The quantitative estimate of drug-likeness (QED) is 0.655. The van der Waals surface area contributed by atoms with Gasteiger partial charge in [-0.25, -0.2) is 0 Å². The molecule has 20 heavy (non-hydrogen) atoms. The van der Waals surface area contributed by atoms with E-state index in [-0.39, 0.29) is 11.7 Å². The molecule has 3 aliphatic rings. The summed E-state index contributed by atoms with van der Waals surface area (Å²) in [6, 6.07) is 0. The molecule has 0 amide bonds. The molecule has 0 spiro atoms. The first-order valence-electron chi connectivity index (χ1n) is 8.31. The SMILES string of the molecule is CC(C)C1=C[C@H]2[C@@H](C)CC[C@@H]2[C@@]2(C)OC(C)(C)O[C@H]2C1. The lowest BCUT2D eigenvalue weighted by Gasteiger charge is -2.36. The second-order valence-corrected chi connectivity index (χ2v) is 8.13. The molecule has 2 heteroatoms. The van der Waals surface area contributed by atoms with E-state index in [4.69, 9.17) is 9.47 Å². The first kappa shape index (κ1) is 14.6. The fourth-order valence-corrected chi connectivity index (χ4v) is 4.77. The van der Waals surface area contributed by atoms with Gasteiger partial charge in [0, 0.05) is 0 Å². The number of allylic oxidation sites excluding steroid dienone is 1. The van der Waals surface area contributed by atoms with Crippen LogP contribution in [0.25, 0.3) is 0 Å². The van der Waals surface area contributed by atoms with Crippen LogP contribution in [0.1, 0.15) is 60.8 Å². The molecule has 2 fully saturated rings. The van der Waals surface area contributed by atoms with Gasteiger partial charge in [0.2, 0.25) is 0 Å². The van der Waals surface area contributed by atoms with Crippen molar-refractivity contribution in [3.05, 3.63) is 11.6 Å². The molecule has 1 saturated carbocycles. The molecule has 0 unspecified atom stereocenters. The Morgan fingerprint density at radius 1 is 1.20 bits per heavy atom. The van der Waals surface area contributed by atoms with Crippen molar-refractivity contribution in [3.63, 3.8) is 0 Å². The van der Waals surface area contributed by atoms with E-state index < -0.39 is 5.79 Å². The Hall–Kier alpha value is -0.340. The minimum Gasteiger partial charge on any atom is -0.344 e. The van der Waals surface area contributed by atoms with Crippen LogP contribution in [0.15, 0.2) is 11.6 Å². The molecule has 3 rings (SSSR count). The van der Waals surface area contributed by atoms with Crippen LogP contribution in [-0.4, -0.2) is 17.5 Å². The fourth-order valence-electron chi connectivity index (χ4n) is 4.77. The van der Waals surface area contributed by atoms with Crippen molar-refractivity contribution in [1.29, 1.82) is 0 Å². The molecule has 114 valence electrons. The first-order chi connectivity index (χ1) is 9.23. The van der Waals surface area contributed by atoms with Gasteiger partial charge in [-0.3, -0.25) is 0 Å². The van der Waals surface area contributed by atoms with Crippen molar-refractivity contribution in [2.45, 2.75) is 78.3 Å². The molecule has 2 nitrogen and oxygen atoms in total. The van der Waals surface area contributed by atoms with Crippen LogP contribution in [0.3, 0.4) is 0 Å². The number of ether oxygens (including phenoxy) is 2. The predicted molar refractivity (Wildman–Crippen MR) is 81.4 cm³/mol. The summed E-state index contributed by atoms with van der Waals surface area (Å²) in [7, 11) is 0. The number of fused-ring (bicyclic) bond motifs is 3. The molecule has 5 atom stereocenters.